The Morgan fingerprint density at radius 2 is 0.591 bits per heavy atom. The van der Waals surface area contributed by atoms with Crippen LogP contribution in [0.5, 0.6) is 28.7 Å². The van der Waals surface area contributed by atoms with Crippen molar-refractivity contribution in [2.24, 2.45) is 0 Å². The molecule has 10 aromatic rings. The van der Waals surface area contributed by atoms with E-state index in [4.69, 9.17) is 35.3 Å². The molecule has 0 radical (unpaired) electrons. The largest absolute Gasteiger partial charge is 0.489 e. The topological polar surface area (TPSA) is 192 Å². The minimum atomic E-state index is -0.455. The van der Waals surface area contributed by atoms with E-state index < -0.39 is 5.82 Å². The number of nitrogens with one attached hydrogen (secondary N) is 5. The highest BCUT2D eigenvalue weighted by Gasteiger charge is 2.17. The molecule has 19 heteroatoms. The molecule has 0 spiro atoms. The van der Waals surface area contributed by atoms with E-state index in [1.54, 1.807) is 32.0 Å². The zero-order valence-corrected chi connectivity index (χ0v) is 70.5. The number of para-hydroxylation sites is 5. The van der Waals surface area contributed by atoms with Crippen molar-refractivity contribution in [3.8, 4) is 28.7 Å². The highest BCUT2D eigenvalue weighted by Crippen LogP contribution is 2.33. The second-order valence-electron chi connectivity index (χ2n) is 26.5. The lowest BCUT2D eigenvalue weighted by atomic mass is 10.1. The Morgan fingerprint density at radius 1 is 0.327 bits per heavy atom. The molecule has 15 nitrogen and oxygen atoms in total. The number of aryl methyl sites for hydroxylation is 11. The van der Waals surface area contributed by atoms with E-state index in [-0.39, 0.29) is 41.8 Å². The molecule has 0 aromatic heterocycles. The number of ether oxygens (including phenoxy) is 5. The van der Waals surface area contributed by atoms with Gasteiger partial charge in [-0.2, -0.15) is 0 Å². The maximum absolute atomic E-state index is 13.9. The van der Waals surface area contributed by atoms with Crippen molar-refractivity contribution in [3.05, 3.63) is 290 Å². The molecular formula is C91H103BrClFIN5O10. The van der Waals surface area contributed by atoms with Gasteiger partial charge in [-0.25, -0.2) is 4.39 Å². The lowest BCUT2D eigenvalue weighted by Crippen LogP contribution is -2.13. The molecule has 110 heavy (non-hydrogen) atoms. The van der Waals surface area contributed by atoms with E-state index in [9.17, 15) is 28.4 Å². The Bertz CT molecular complexity index is 4110. The third-order valence-corrected chi connectivity index (χ3v) is 19.1. The number of hydrogen-bond donors (Lipinski definition) is 5. The Balaban J connectivity index is 0.000000215. The Hall–Kier alpha value is -10.0. The normalized spacial score (nSPS) is 10.4. The van der Waals surface area contributed by atoms with Gasteiger partial charge >= 0.3 is 0 Å². The molecular weight excluding hydrogens is 1580 g/mol. The van der Waals surface area contributed by atoms with Crippen LogP contribution >= 0.6 is 50.1 Å². The summed E-state index contributed by atoms with van der Waals surface area (Å²) in [6, 6.07) is 58.2. The third kappa shape index (κ3) is 28.4. The fraction of sp³-hybridized carbons (Fsp3) is 0.286. The molecule has 0 heterocycles. The lowest BCUT2D eigenvalue weighted by Gasteiger charge is -2.15. The summed E-state index contributed by atoms with van der Waals surface area (Å²) in [5.41, 5.74) is 20.2. The first-order chi connectivity index (χ1) is 52.5. The number of carbonyl (C=O) groups excluding carboxylic acids is 5. The van der Waals surface area contributed by atoms with Crippen LogP contribution in [0.25, 0.3) is 0 Å². The van der Waals surface area contributed by atoms with Gasteiger partial charge in [0.15, 0.2) is 0 Å². The SMILES string of the molecule is CCC(=O)Nc1c(Br)cccc1COc1ccc(C)cc1C.CCC(=O)Nc1c(C)cccc1COc1ccc(C)cc1C.CCC(=O)Nc1c(Cl)cccc1COc1ccc(C)cc1C.CCC(=O)Nc1c(F)cccc1COc1ccc(C)cc1C.CCC(=O)Nc1c(I)cccc1COc1ccc(C)cc1C. The molecule has 0 unspecified atom stereocenters. The van der Waals surface area contributed by atoms with Crippen molar-refractivity contribution in [2.45, 2.75) is 176 Å². The van der Waals surface area contributed by atoms with Gasteiger partial charge < -0.3 is 50.3 Å². The number of anilines is 5. The molecule has 10 aromatic carbocycles. The summed E-state index contributed by atoms with van der Waals surface area (Å²) in [7, 11) is 0. The molecule has 0 saturated carbocycles. The molecule has 580 valence electrons. The van der Waals surface area contributed by atoms with Gasteiger partial charge in [-0.15, -0.1) is 0 Å². The number of carbonyl (C=O) groups is 5. The number of hydrogen-bond acceptors (Lipinski definition) is 10. The maximum atomic E-state index is 13.9. The van der Waals surface area contributed by atoms with Crippen LogP contribution < -0.4 is 50.3 Å². The van der Waals surface area contributed by atoms with Crippen molar-refractivity contribution >= 4 is 108 Å². The zero-order valence-electron chi connectivity index (χ0n) is 66.0. The first kappa shape index (κ1) is 88.9. The van der Waals surface area contributed by atoms with Gasteiger partial charge in [-0.1, -0.05) is 201 Å². The van der Waals surface area contributed by atoms with Crippen LogP contribution in [0.4, 0.5) is 32.8 Å². The standard InChI is InChI=1S/C19H23NO2.C18H20BrNO2.C18H20ClNO2.C18H20FNO2.C18H20INO2/c1-5-18(21)20-19-14(3)7-6-8-16(19)12-22-17-10-9-13(2)11-15(17)4;4*1-4-17(21)20-18-14(6-5-7-15(18)19)11-22-16-9-8-12(2)10-13(16)3/h6-11H,5,12H2,1-4H3,(H,20,21);4*5-10H,4,11H2,1-3H3,(H,20,21). The van der Waals surface area contributed by atoms with Gasteiger partial charge in [0.2, 0.25) is 29.5 Å². The summed E-state index contributed by atoms with van der Waals surface area (Å²) in [5, 5.41) is 14.8. The van der Waals surface area contributed by atoms with Gasteiger partial charge in [-0.05, 0) is 203 Å². The number of benzene rings is 10. The monoisotopic (exact) mass is 1690 g/mol. The quantitative estimate of drug-likeness (QED) is 0.0344. The minimum Gasteiger partial charge on any atom is -0.489 e. The highest BCUT2D eigenvalue weighted by atomic mass is 127. The first-order valence-electron chi connectivity index (χ1n) is 36.7. The predicted molar refractivity (Wildman–Crippen MR) is 458 cm³/mol. The Kier molecular flexibility index (Phi) is 36.5. The van der Waals surface area contributed by atoms with Crippen LogP contribution in [0.3, 0.4) is 0 Å². The lowest BCUT2D eigenvalue weighted by molar-refractivity contribution is -0.116. The molecule has 0 aliphatic carbocycles. The molecule has 0 aliphatic heterocycles. The van der Waals surface area contributed by atoms with Gasteiger partial charge in [-0.3, -0.25) is 24.0 Å². The molecule has 0 aliphatic rings. The highest BCUT2D eigenvalue weighted by molar-refractivity contribution is 14.1. The van der Waals surface area contributed by atoms with Crippen molar-refractivity contribution < 1.29 is 52.0 Å². The average Bonchev–Trinajstić information content (AvgIpc) is 0.856. The van der Waals surface area contributed by atoms with Crippen LogP contribution in [-0.4, -0.2) is 29.5 Å². The molecule has 5 amide bonds. The molecule has 0 saturated heterocycles. The smallest absolute Gasteiger partial charge is 0.224 e. The maximum Gasteiger partial charge on any atom is 0.224 e. The van der Waals surface area contributed by atoms with Crippen molar-refractivity contribution in [1.82, 2.24) is 0 Å². The van der Waals surface area contributed by atoms with E-state index in [2.05, 4.69) is 110 Å². The predicted octanol–water partition coefficient (Wildman–Crippen LogP) is 23.6. The van der Waals surface area contributed by atoms with E-state index in [1.807, 2.05) is 210 Å². The first-order valence-corrected chi connectivity index (χ1v) is 39.0. The summed E-state index contributed by atoms with van der Waals surface area (Å²) in [6.45, 7) is 33.2. The van der Waals surface area contributed by atoms with Gasteiger partial charge in [0.05, 0.1) is 33.5 Å². The molecule has 0 atom stereocenters. The fourth-order valence-corrected chi connectivity index (χ4v) is 12.5. The van der Waals surface area contributed by atoms with Gasteiger partial charge in [0.25, 0.3) is 0 Å². The summed E-state index contributed by atoms with van der Waals surface area (Å²) < 4.78 is 45.2. The van der Waals surface area contributed by atoms with Crippen LogP contribution in [0.15, 0.2) is 186 Å². The average molecular weight is 1690 g/mol. The number of rotatable bonds is 25. The molecule has 0 fully saturated rings. The minimum absolute atomic E-state index is 0.0110. The number of amides is 5. The van der Waals surface area contributed by atoms with Crippen molar-refractivity contribution in [1.29, 1.82) is 0 Å². The summed E-state index contributed by atoms with van der Waals surface area (Å²) in [6.07, 6.45) is 2.07. The molecule has 0 bridgehead atoms. The summed E-state index contributed by atoms with van der Waals surface area (Å²) in [5.74, 6) is 3.46. The zero-order chi connectivity index (χ0) is 80.6. The second kappa shape index (κ2) is 45.2. The van der Waals surface area contributed by atoms with E-state index in [0.29, 0.717) is 74.8 Å². The van der Waals surface area contributed by atoms with E-state index in [1.165, 1.54) is 28.3 Å². The van der Waals surface area contributed by atoms with Crippen LogP contribution in [0.1, 0.15) is 156 Å². The molecule has 10 rings (SSSR count). The van der Waals surface area contributed by atoms with Gasteiger partial charge in [0.1, 0.15) is 67.6 Å². The van der Waals surface area contributed by atoms with Crippen molar-refractivity contribution in [2.75, 3.05) is 26.6 Å². The Morgan fingerprint density at radius 3 is 0.945 bits per heavy atom. The second-order valence-corrected chi connectivity index (χ2v) is 28.9. The van der Waals surface area contributed by atoms with Crippen LogP contribution in [-0.2, 0) is 57.0 Å². The van der Waals surface area contributed by atoms with E-state index in [0.717, 1.165) is 115 Å². The summed E-state index contributed by atoms with van der Waals surface area (Å²) in [4.78, 5) is 58.2. The Labute approximate surface area is 676 Å². The van der Waals surface area contributed by atoms with Crippen molar-refractivity contribution in [3.63, 3.8) is 0 Å². The van der Waals surface area contributed by atoms with Crippen LogP contribution in [0.2, 0.25) is 5.02 Å². The fourth-order valence-electron chi connectivity index (χ4n) is 11.1. The summed E-state index contributed by atoms with van der Waals surface area (Å²) >= 11 is 11.9. The number of halogens is 4. The molecule has 5 N–H and O–H groups in total. The van der Waals surface area contributed by atoms with Crippen LogP contribution in [0, 0.1) is 85.5 Å². The third-order valence-electron chi connectivity index (χ3n) is 17.3. The van der Waals surface area contributed by atoms with E-state index >= 15 is 0 Å². The van der Waals surface area contributed by atoms with Gasteiger partial charge in [0, 0.05) is 68.0 Å².